The molecule has 0 saturated carbocycles. The van der Waals surface area contributed by atoms with Crippen LogP contribution in [0.1, 0.15) is 38.8 Å². The van der Waals surface area contributed by atoms with Gasteiger partial charge in [0.05, 0.1) is 12.9 Å². The van der Waals surface area contributed by atoms with E-state index in [-0.39, 0.29) is 6.42 Å². The molecule has 1 aromatic heterocycles. The van der Waals surface area contributed by atoms with E-state index in [0.717, 1.165) is 19.4 Å². The van der Waals surface area contributed by atoms with Crippen LogP contribution in [0.2, 0.25) is 0 Å². The van der Waals surface area contributed by atoms with Gasteiger partial charge in [-0.1, -0.05) is 0 Å². The van der Waals surface area contributed by atoms with Gasteiger partial charge in [0, 0.05) is 25.2 Å². The maximum atomic E-state index is 13.6. The summed E-state index contributed by atoms with van der Waals surface area (Å²) in [6, 6.07) is 2.04. The van der Waals surface area contributed by atoms with Gasteiger partial charge in [0.2, 0.25) is 0 Å². The molecule has 4 atom stereocenters. The molecule has 0 amide bonds. The van der Waals surface area contributed by atoms with Crippen molar-refractivity contribution in [1.29, 1.82) is 0 Å². The van der Waals surface area contributed by atoms with E-state index >= 15 is 0 Å². The van der Waals surface area contributed by atoms with Gasteiger partial charge >= 0.3 is 5.69 Å². The van der Waals surface area contributed by atoms with Crippen LogP contribution in [0.25, 0.3) is 0 Å². The molecule has 0 bridgehead atoms. The van der Waals surface area contributed by atoms with E-state index in [1.165, 1.54) is 17.2 Å². The van der Waals surface area contributed by atoms with Crippen LogP contribution < -0.4 is 5.69 Å². The summed E-state index contributed by atoms with van der Waals surface area (Å²) in [5.74, 6) is 0.322. The second-order valence-electron chi connectivity index (χ2n) is 6.37. The minimum Gasteiger partial charge on any atom is -0.394 e. The lowest BCUT2D eigenvalue weighted by Gasteiger charge is -2.31. The Morgan fingerprint density at radius 1 is 1.54 bits per heavy atom. The van der Waals surface area contributed by atoms with Crippen LogP contribution in [0.4, 0.5) is 10.2 Å². The lowest BCUT2D eigenvalue weighted by atomic mass is 10.1. The highest BCUT2D eigenvalue weighted by Crippen LogP contribution is 2.29. The molecule has 0 aromatic carbocycles. The topological polar surface area (TPSA) is 80.0 Å². The van der Waals surface area contributed by atoms with E-state index in [0.29, 0.717) is 11.9 Å². The number of alkyl halides is 1. The molecule has 2 aliphatic heterocycles. The van der Waals surface area contributed by atoms with Crippen LogP contribution in [-0.2, 0) is 4.74 Å². The molecular weight excluding hydrogens is 315 g/mol. The Balaban J connectivity index is 1.70. The Morgan fingerprint density at radius 3 is 3.04 bits per heavy atom. The zero-order chi connectivity index (χ0) is 17.1. The van der Waals surface area contributed by atoms with Gasteiger partial charge in [-0.25, -0.2) is 14.2 Å². The molecule has 2 saturated heterocycles. The minimum atomic E-state index is -1.29. The van der Waals surface area contributed by atoms with E-state index in [1.54, 1.807) is 12.4 Å². The molecule has 7 nitrogen and oxygen atoms in total. The standard InChI is InChI=1S/C16H23FN4O3/c1-11-4-2-3-6-20(11)10-18-14-5-7-21(16(23)19-14)15-8-12(17)13(9-22)24-15/h5,7,10-13,15,22H,2-4,6,8-9H2,1H3/t11?,12-,13+,15+/m0/s1. The molecule has 0 aliphatic carbocycles. The van der Waals surface area contributed by atoms with Crippen molar-refractivity contribution in [2.75, 3.05) is 13.2 Å². The summed E-state index contributed by atoms with van der Waals surface area (Å²) >= 11 is 0. The van der Waals surface area contributed by atoms with Gasteiger partial charge in [-0.3, -0.25) is 4.57 Å². The average molecular weight is 338 g/mol. The molecule has 8 heteroatoms. The normalized spacial score (nSPS) is 31.0. The number of aliphatic hydroxyl groups excluding tert-OH is 1. The molecule has 2 aliphatic rings. The fourth-order valence-corrected chi connectivity index (χ4v) is 3.14. The maximum absolute atomic E-state index is 13.6. The Labute approximate surface area is 139 Å². The van der Waals surface area contributed by atoms with Crippen LogP contribution in [0.3, 0.4) is 0 Å². The second kappa shape index (κ2) is 7.40. The minimum absolute atomic E-state index is 0.0285. The number of hydrogen-bond acceptors (Lipinski definition) is 5. The van der Waals surface area contributed by atoms with Crippen molar-refractivity contribution < 1.29 is 14.2 Å². The lowest BCUT2D eigenvalue weighted by Crippen LogP contribution is -2.36. The Morgan fingerprint density at radius 2 is 2.38 bits per heavy atom. The summed E-state index contributed by atoms with van der Waals surface area (Å²) in [5, 5.41) is 9.04. The van der Waals surface area contributed by atoms with Crippen LogP contribution in [0.5, 0.6) is 0 Å². The molecule has 1 N–H and O–H groups in total. The van der Waals surface area contributed by atoms with Crippen LogP contribution in [0.15, 0.2) is 22.1 Å². The summed E-state index contributed by atoms with van der Waals surface area (Å²) in [6.45, 7) is 2.70. The molecule has 3 rings (SSSR count). The molecule has 2 fully saturated rings. The van der Waals surface area contributed by atoms with Gasteiger partial charge in [-0.15, -0.1) is 0 Å². The molecule has 3 heterocycles. The molecule has 0 spiro atoms. The zero-order valence-electron chi connectivity index (χ0n) is 13.7. The van der Waals surface area contributed by atoms with E-state index < -0.39 is 30.8 Å². The van der Waals surface area contributed by atoms with Crippen molar-refractivity contribution in [3.8, 4) is 0 Å². The molecule has 24 heavy (non-hydrogen) atoms. The van der Waals surface area contributed by atoms with E-state index in [9.17, 15) is 9.18 Å². The molecule has 1 unspecified atom stereocenters. The third-order valence-electron chi connectivity index (χ3n) is 4.66. The summed E-state index contributed by atoms with van der Waals surface area (Å²) in [5.41, 5.74) is -0.535. The third kappa shape index (κ3) is 3.64. The number of aliphatic hydroxyl groups is 1. The van der Waals surface area contributed by atoms with Crippen LogP contribution in [0, 0.1) is 0 Å². The van der Waals surface area contributed by atoms with E-state index in [1.807, 2.05) is 0 Å². The monoisotopic (exact) mass is 338 g/mol. The Hall–Kier alpha value is -1.80. The summed E-state index contributed by atoms with van der Waals surface area (Å²) in [7, 11) is 0. The fourth-order valence-electron chi connectivity index (χ4n) is 3.14. The number of ether oxygens (including phenoxy) is 1. The lowest BCUT2D eigenvalue weighted by molar-refractivity contribution is -0.0355. The highest BCUT2D eigenvalue weighted by molar-refractivity contribution is 5.60. The van der Waals surface area contributed by atoms with Crippen molar-refractivity contribution in [2.45, 2.75) is 57.2 Å². The van der Waals surface area contributed by atoms with Crippen molar-refractivity contribution in [2.24, 2.45) is 4.99 Å². The van der Waals surface area contributed by atoms with Crippen LogP contribution >= 0.6 is 0 Å². The predicted molar refractivity (Wildman–Crippen MR) is 87.2 cm³/mol. The number of aliphatic imine (C=N–C) groups is 1. The zero-order valence-corrected chi connectivity index (χ0v) is 13.7. The van der Waals surface area contributed by atoms with Crippen molar-refractivity contribution in [3.63, 3.8) is 0 Å². The Kier molecular flexibility index (Phi) is 5.25. The van der Waals surface area contributed by atoms with E-state index in [2.05, 4.69) is 21.8 Å². The van der Waals surface area contributed by atoms with Crippen molar-refractivity contribution in [1.82, 2.24) is 14.5 Å². The first kappa shape index (κ1) is 17.0. The quantitative estimate of drug-likeness (QED) is 0.663. The Bertz CT molecular complexity index is 650. The number of piperidine rings is 1. The largest absolute Gasteiger partial charge is 0.394 e. The molecule has 1 aromatic rings. The van der Waals surface area contributed by atoms with Crippen molar-refractivity contribution >= 4 is 12.2 Å². The fraction of sp³-hybridized carbons (Fsp3) is 0.688. The summed E-state index contributed by atoms with van der Waals surface area (Å²) < 4.78 is 20.2. The van der Waals surface area contributed by atoms with Gasteiger partial charge < -0.3 is 14.7 Å². The first-order chi connectivity index (χ1) is 11.6. The van der Waals surface area contributed by atoms with Gasteiger partial charge in [0.25, 0.3) is 0 Å². The number of aromatic nitrogens is 2. The number of halogens is 1. The molecule has 0 radical (unpaired) electrons. The summed E-state index contributed by atoms with van der Waals surface area (Å²) in [6.07, 6.45) is 3.87. The first-order valence-corrected chi connectivity index (χ1v) is 8.38. The highest BCUT2D eigenvalue weighted by atomic mass is 19.1. The van der Waals surface area contributed by atoms with Gasteiger partial charge in [-0.2, -0.15) is 4.98 Å². The highest BCUT2D eigenvalue weighted by Gasteiger charge is 2.36. The number of hydrogen-bond donors (Lipinski definition) is 1. The molecular formula is C16H23FN4O3. The number of likely N-dealkylation sites (tertiary alicyclic amines) is 1. The molecule has 132 valence electrons. The number of nitrogens with zero attached hydrogens (tertiary/aromatic N) is 4. The summed E-state index contributed by atoms with van der Waals surface area (Å²) in [4.78, 5) is 22.5. The van der Waals surface area contributed by atoms with Crippen molar-refractivity contribution in [3.05, 3.63) is 22.7 Å². The SMILES string of the molecule is CC1CCCCN1C=Nc1ccn([C@H]2C[C@H](F)[C@@H](CO)O2)c(=O)n1. The average Bonchev–Trinajstić information content (AvgIpc) is 2.95. The predicted octanol–water partition coefficient (Wildman–Crippen LogP) is 1.40. The second-order valence-corrected chi connectivity index (χ2v) is 6.37. The van der Waals surface area contributed by atoms with E-state index in [4.69, 9.17) is 9.84 Å². The third-order valence-corrected chi connectivity index (χ3v) is 4.66. The maximum Gasteiger partial charge on any atom is 0.351 e. The van der Waals surface area contributed by atoms with Gasteiger partial charge in [0.15, 0.2) is 5.82 Å². The number of rotatable bonds is 4. The smallest absolute Gasteiger partial charge is 0.351 e. The van der Waals surface area contributed by atoms with Gasteiger partial charge in [0.1, 0.15) is 18.5 Å². The first-order valence-electron chi connectivity index (χ1n) is 8.38. The van der Waals surface area contributed by atoms with Crippen LogP contribution in [-0.4, -0.2) is 57.4 Å². The van der Waals surface area contributed by atoms with Gasteiger partial charge in [-0.05, 0) is 32.3 Å².